The van der Waals surface area contributed by atoms with Crippen LogP contribution in [0.25, 0.3) is 16.6 Å². The predicted molar refractivity (Wildman–Crippen MR) is 114 cm³/mol. The zero-order valence-electron chi connectivity index (χ0n) is 16.6. The largest absolute Gasteiger partial charge is 0.475 e. The second-order valence-electron chi connectivity index (χ2n) is 7.05. The maximum atomic E-state index is 13.2. The van der Waals surface area contributed by atoms with Crippen molar-refractivity contribution in [2.24, 2.45) is 0 Å². The molecule has 162 valence electrons. The van der Waals surface area contributed by atoms with Crippen LogP contribution in [-0.2, 0) is 0 Å². The highest BCUT2D eigenvalue weighted by Crippen LogP contribution is 2.31. The molecule has 0 unspecified atom stereocenters. The average molecular weight is 437 g/mol. The Bertz CT molecular complexity index is 1320. The smallest absolute Gasteiger partial charge is 0.387 e. The Morgan fingerprint density at radius 2 is 1.97 bits per heavy atom. The molecule has 2 N–H and O–H groups in total. The van der Waals surface area contributed by atoms with Gasteiger partial charge >= 0.3 is 6.61 Å². The third-order valence-corrected chi connectivity index (χ3v) is 5.16. The minimum atomic E-state index is -2.89. The number of nitrogens with zero attached hydrogens (tertiary/aromatic N) is 4. The van der Waals surface area contributed by atoms with E-state index < -0.39 is 6.61 Å². The van der Waals surface area contributed by atoms with Crippen molar-refractivity contribution in [3.63, 3.8) is 0 Å². The van der Waals surface area contributed by atoms with Crippen molar-refractivity contribution < 1.29 is 23.0 Å². The van der Waals surface area contributed by atoms with Gasteiger partial charge in [0, 0.05) is 29.0 Å². The fourth-order valence-corrected chi connectivity index (χ4v) is 3.74. The molecule has 0 radical (unpaired) electrons. The number of alkyl halides is 2. The number of nitrogen functional groups attached to an aromatic ring is 1. The Morgan fingerprint density at radius 1 is 1.09 bits per heavy atom. The SMILES string of the molecule is Nc1ncnc2c1C(=O)N(c1ccc3c(ccn3-c3cccc(OC(F)F)c3)c1)CCO2. The van der Waals surface area contributed by atoms with E-state index in [1.54, 1.807) is 23.1 Å². The number of carbonyl (C=O) groups is 1. The molecule has 1 amide bonds. The number of amides is 1. The minimum Gasteiger partial charge on any atom is -0.475 e. The quantitative estimate of drug-likeness (QED) is 0.524. The molecular formula is C22H17F2N5O3. The number of benzene rings is 2. The van der Waals surface area contributed by atoms with E-state index in [4.69, 9.17) is 10.5 Å². The molecule has 0 atom stereocenters. The first-order valence-electron chi connectivity index (χ1n) is 9.73. The molecule has 8 nitrogen and oxygen atoms in total. The van der Waals surface area contributed by atoms with Crippen molar-refractivity contribution in [3.05, 3.63) is 66.6 Å². The van der Waals surface area contributed by atoms with Crippen LogP contribution in [0.4, 0.5) is 20.3 Å². The van der Waals surface area contributed by atoms with E-state index in [0.29, 0.717) is 17.9 Å². The van der Waals surface area contributed by atoms with E-state index in [-0.39, 0.29) is 35.5 Å². The molecule has 0 bridgehead atoms. The summed E-state index contributed by atoms with van der Waals surface area (Å²) in [5.74, 6) is -0.0380. The first-order chi connectivity index (χ1) is 15.5. The van der Waals surface area contributed by atoms with Crippen molar-refractivity contribution in [3.8, 4) is 17.3 Å². The van der Waals surface area contributed by atoms with Crippen LogP contribution in [0.2, 0.25) is 0 Å². The normalized spacial score (nSPS) is 13.7. The molecule has 32 heavy (non-hydrogen) atoms. The zero-order valence-corrected chi connectivity index (χ0v) is 16.6. The van der Waals surface area contributed by atoms with Crippen LogP contribution < -0.4 is 20.1 Å². The summed E-state index contributed by atoms with van der Waals surface area (Å²) in [6.45, 7) is -2.33. The van der Waals surface area contributed by atoms with Gasteiger partial charge in [-0.15, -0.1) is 0 Å². The fourth-order valence-electron chi connectivity index (χ4n) is 3.74. The number of anilines is 2. The molecule has 0 fully saturated rings. The van der Waals surface area contributed by atoms with E-state index in [2.05, 4.69) is 14.7 Å². The van der Waals surface area contributed by atoms with Gasteiger partial charge in [0.05, 0.1) is 12.1 Å². The summed E-state index contributed by atoms with van der Waals surface area (Å²) in [4.78, 5) is 22.6. The van der Waals surface area contributed by atoms with Crippen LogP contribution in [0.3, 0.4) is 0 Å². The third-order valence-electron chi connectivity index (χ3n) is 5.16. The number of hydrogen-bond acceptors (Lipinski definition) is 6. The average Bonchev–Trinajstić information content (AvgIpc) is 3.11. The van der Waals surface area contributed by atoms with Crippen molar-refractivity contribution in [2.75, 3.05) is 23.8 Å². The molecule has 10 heteroatoms. The Hall–Kier alpha value is -4.21. The van der Waals surface area contributed by atoms with Crippen molar-refractivity contribution in [2.45, 2.75) is 6.61 Å². The first-order valence-corrected chi connectivity index (χ1v) is 9.73. The lowest BCUT2D eigenvalue weighted by Gasteiger charge is -2.20. The Labute approximate surface area is 180 Å². The molecule has 1 aliphatic rings. The first kappa shape index (κ1) is 19.7. The lowest BCUT2D eigenvalue weighted by Crippen LogP contribution is -2.32. The van der Waals surface area contributed by atoms with Crippen LogP contribution in [0, 0.1) is 0 Å². The van der Waals surface area contributed by atoms with Gasteiger partial charge in [-0.2, -0.15) is 8.78 Å². The summed E-state index contributed by atoms with van der Waals surface area (Å²) >= 11 is 0. The van der Waals surface area contributed by atoms with Crippen LogP contribution >= 0.6 is 0 Å². The van der Waals surface area contributed by atoms with Crippen LogP contribution in [0.5, 0.6) is 11.6 Å². The molecule has 5 rings (SSSR count). The number of fused-ring (bicyclic) bond motifs is 2. The lowest BCUT2D eigenvalue weighted by molar-refractivity contribution is -0.0498. The van der Waals surface area contributed by atoms with Gasteiger partial charge < -0.3 is 24.7 Å². The van der Waals surface area contributed by atoms with Gasteiger partial charge in [0.1, 0.15) is 30.1 Å². The minimum absolute atomic E-state index is 0.0602. The summed E-state index contributed by atoms with van der Waals surface area (Å²) in [7, 11) is 0. The third kappa shape index (κ3) is 3.45. The molecule has 2 aromatic heterocycles. The molecule has 1 aliphatic heterocycles. The van der Waals surface area contributed by atoms with Crippen molar-refractivity contribution >= 4 is 28.3 Å². The van der Waals surface area contributed by atoms with E-state index in [1.165, 1.54) is 18.5 Å². The van der Waals surface area contributed by atoms with E-state index in [9.17, 15) is 13.6 Å². The van der Waals surface area contributed by atoms with E-state index in [1.807, 2.05) is 29.0 Å². The lowest BCUT2D eigenvalue weighted by atomic mass is 10.2. The molecular weight excluding hydrogens is 420 g/mol. The maximum absolute atomic E-state index is 13.2. The van der Waals surface area contributed by atoms with Gasteiger partial charge in [-0.3, -0.25) is 4.79 Å². The zero-order chi connectivity index (χ0) is 22.2. The van der Waals surface area contributed by atoms with Gasteiger partial charge in [-0.25, -0.2) is 9.97 Å². The Balaban J connectivity index is 1.51. The van der Waals surface area contributed by atoms with Crippen molar-refractivity contribution in [1.29, 1.82) is 0 Å². The number of aromatic nitrogens is 3. The monoisotopic (exact) mass is 437 g/mol. The van der Waals surface area contributed by atoms with Gasteiger partial charge in [0.2, 0.25) is 5.88 Å². The molecule has 2 aromatic carbocycles. The second-order valence-corrected chi connectivity index (χ2v) is 7.05. The van der Waals surface area contributed by atoms with Gasteiger partial charge in [-0.1, -0.05) is 6.07 Å². The van der Waals surface area contributed by atoms with Gasteiger partial charge in [-0.05, 0) is 36.4 Å². The number of halogens is 2. The van der Waals surface area contributed by atoms with Gasteiger partial charge in [0.15, 0.2) is 0 Å². The fraction of sp³-hybridized carbons (Fsp3) is 0.136. The van der Waals surface area contributed by atoms with Crippen LogP contribution in [0.1, 0.15) is 10.4 Å². The summed E-state index contributed by atoms with van der Waals surface area (Å²) < 4.78 is 37.1. The maximum Gasteiger partial charge on any atom is 0.387 e. The number of carbonyl (C=O) groups excluding carboxylic acids is 1. The number of rotatable bonds is 4. The molecule has 0 saturated carbocycles. The van der Waals surface area contributed by atoms with Crippen LogP contribution in [-0.4, -0.2) is 40.2 Å². The molecule has 0 aliphatic carbocycles. The van der Waals surface area contributed by atoms with Crippen LogP contribution in [0.15, 0.2) is 61.1 Å². The predicted octanol–water partition coefficient (Wildman–Crippen LogP) is 3.64. The van der Waals surface area contributed by atoms with E-state index >= 15 is 0 Å². The molecule has 3 heterocycles. The molecule has 4 aromatic rings. The highest BCUT2D eigenvalue weighted by Gasteiger charge is 2.28. The summed E-state index contributed by atoms with van der Waals surface area (Å²) in [5, 5.41) is 0.859. The number of ether oxygens (including phenoxy) is 2. The van der Waals surface area contributed by atoms with Gasteiger partial charge in [0.25, 0.3) is 5.91 Å². The number of nitrogens with two attached hydrogens (primary N) is 1. The highest BCUT2D eigenvalue weighted by atomic mass is 19.3. The summed E-state index contributed by atoms with van der Waals surface area (Å²) in [6.07, 6.45) is 3.08. The van der Waals surface area contributed by atoms with Crippen molar-refractivity contribution in [1.82, 2.24) is 14.5 Å². The standard InChI is InChI=1S/C22H17F2N5O3/c23-22(24)32-16-3-1-2-14(11-16)28-7-6-13-10-15(4-5-17(13)28)29-8-9-31-20-18(21(29)30)19(25)26-12-27-20/h1-7,10-12,22H,8-9H2,(H2,25,26,27). The molecule has 0 spiro atoms. The Kier molecular flexibility index (Phi) is 4.81. The topological polar surface area (TPSA) is 95.5 Å². The highest BCUT2D eigenvalue weighted by molar-refractivity contribution is 6.11. The number of hydrogen-bond donors (Lipinski definition) is 1. The second kappa shape index (κ2) is 7.80. The van der Waals surface area contributed by atoms with E-state index in [0.717, 1.165) is 10.9 Å². The Morgan fingerprint density at radius 3 is 2.81 bits per heavy atom. The summed E-state index contributed by atoms with van der Waals surface area (Å²) in [5.41, 5.74) is 8.21. The summed E-state index contributed by atoms with van der Waals surface area (Å²) in [6, 6.07) is 13.9. The molecule has 0 saturated heterocycles.